The topological polar surface area (TPSA) is 149 Å². The van der Waals surface area contributed by atoms with Crippen LogP contribution in [0.3, 0.4) is 0 Å². The molecule has 1 heterocycles. The number of allylic oxidation sites excluding steroid dienone is 4. The maximum absolute atomic E-state index is 13.0. The molecule has 7 unspecified atom stereocenters. The molecule has 0 saturated carbocycles. The number of hydrogen-bond acceptors (Lipinski definition) is 8. The van der Waals surface area contributed by atoms with Gasteiger partial charge in [-0.2, -0.15) is 0 Å². The molecular formula is C50H95NO8. The Morgan fingerprint density at radius 3 is 1.49 bits per heavy atom. The molecule has 9 nitrogen and oxygen atoms in total. The number of carbonyl (C=O) groups is 1. The van der Waals surface area contributed by atoms with Gasteiger partial charge in [0.15, 0.2) is 6.29 Å². The third-order valence-electron chi connectivity index (χ3n) is 12.1. The average Bonchev–Trinajstić information content (AvgIpc) is 3.23. The lowest BCUT2D eigenvalue weighted by molar-refractivity contribution is -0.302. The summed E-state index contributed by atoms with van der Waals surface area (Å²) in [4.78, 5) is 13.0. The van der Waals surface area contributed by atoms with E-state index in [0.717, 1.165) is 64.2 Å². The van der Waals surface area contributed by atoms with Gasteiger partial charge in [-0.1, -0.05) is 205 Å². The van der Waals surface area contributed by atoms with E-state index >= 15 is 0 Å². The molecule has 0 bridgehead atoms. The molecule has 7 atom stereocenters. The van der Waals surface area contributed by atoms with Gasteiger partial charge in [0.25, 0.3) is 0 Å². The molecular weight excluding hydrogens is 743 g/mol. The number of ether oxygens (including phenoxy) is 2. The van der Waals surface area contributed by atoms with Crippen LogP contribution in [0.5, 0.6) is 0 Å². The van der Waals surface area contributed by atoms with E-state index in [-0.39, 0.29) is 12.5 Å². The van der Waals surface area contributed by atoms with Gasteiger partial charge in [0.2, 0.25) is 5.91 Å². The van der Waals surface area contributed by atoms with E-state index in [9.17, 15) is 30.3 Å². The van der Waals surface area contributed by atoms with Crippen LogP contribution in [0.1, 0.15) is 232 Å². The van der Waals surface area contributed by atoms with E-state index in [2.05, 4.69) is 43.5 Å². The zero-order chi connectivity index (χ0) is 43.0. The molecule has 0 aliphatic carbocycles. The van der Waals surface area contributed by atoms with E-state index in [0.29, 0.717) is 12.8 Å². The van der Waals surface area contributed by atoms with E-state index in [1.54, 1.807) is 0 Å². The number of unbranched alkanes of at least 4 members (excludes halogenated alkanes) is 28. The minimum absolute atomic E-state index is 0.142. The quantitative estimate of drug-likeness (QED) is 0.0263. The maximum atomic E-state index is 13.0. The fourth-order valence-corrected chi connectivity index (χ4v) is 8.02. The first-order valence-electron chi connectivity index (χ1n) is 25.0. The standard InChI is InChI=1S/C50H95NO8/c1-3-5-7-9-11-13-15-17-19-20-21-22-23-24-26-27-29-31-33-35-37-39-44(53)43(42-58-50-49(57)48(56)47(55)45(41-52)59-50)51-46(54)40-38-36-34-32-30-28-25-18-16-14-12-10-8-6-4-2/h12,14,18,25,43-45,47-50,52-53,55-57H,3-11,13,15-17,19-24,26-42H2,1-2H3,(H,51,54)/b14-12-,25-18-. The van der Waals surface area contributed by atoms with Gasteiger partial charge in [-0.15, -0.1) is 0 Å². The molecule has 0 spiro atoms. The molecule has 59 heavy (non-hydrogen) atoms. The summed E-state index contributed by atoms with van der Waals surface area (Å²) < 4.78 is 11.3. The van der Waals surface area contributed by atoms with E-state index in [4.69, 9.17) is 9.47 Å². The van der Waals surface area contributed by atoms with Crippen LogP contribution >= 0.6 is 0 Å². The monoisotopic (exact) mass is 838 g/mol. The average molecular weight is 838 g/mol. The highest BCUT2D eigenvalue weighted by Gasteiger charge is 2.44. The molecule has 1 aliphatic rings. The lowest BCUT2D eigenvalue weighted by Crippen LogP contribution is -2.60. The molecule has 1 aliphatic heterocycles. The molecule has 6 N–H and O–H groups in total. The van der Waals surface area contributed by atoms with Crippen molar-refractivity contribution in [3.8, 4) is 0 Å². The summed E-state index contributed by atoms with van der Waals surface area (Å²) in [7, 11) is 0. The third-order valence-corrected chi connectivity index (χ3v) is 12.1. The van der Waals surface area contributed by atoms with Crippen molar-refractivity contribution in [2.24, 2.45) is 0 Å². The molecule has 9 heteroatoms. The van der Waals surface area contributed by atoms with Gasteiger partial charge in [-0.25, -0.2) is 0 Å². The van der Waals surface area contributed by atoms with Gasteiger partial charge in [0.05, 0.1) is 25.4 Å². The van der Waals surface area contributed by atoms with Crippen molar-refractivity contribution >= 4 is 5.91 Å². The molecule has 1 fully saturated rings. The van der Waals surface area contributed by atoms with Crippen LogP contribution in [0.4, 0.5) is 0 Å². The predicted octanol–water partition coefficient (Wildman–Crippen LogP) is 11.1. The number of nitrogens with one attached hydrogen (secondary N) is 1. The van der Waals surface area contributed by atoms with Crippen molar-refractivity contribution in [2.75, 3.05) is 13.2 Å². The Kier molecular flexibility index (Phi) is 38.4. The third kappa shape index (κ3) is 31.2. The smallest absolute Gasteiger partial charge is 0.220 e. The number of rotatable bonds is 42. The van der Waals surface area contributed by atoms with Crippen LogP contribution in [0.2, 0.25) is 0 Å². The highest BCUT2D eigenvalue weighted by atomic mass is 16.7. The summed E-state index contributed by atoms with van der Waals surface area (Å²) in [6, 6.07) is -0.724. The van der Waals surface area contributed by atoms with Gasteiger partial charge >= 0.3 is 0 Å². The van der Waals surface area contributed by atoms with Crippen LogP contribution in [-0.2, 0) is 14.3 Å². The number of hydrogen-bond donors (Lipinski definition) is 6. The molecule has 0 aromatic heterocycles. The van der Waals surface area contributed by atoms with Crippen molar-refractivity contribution in [1.29, 1.82) is 0 Å². The van der Waals surface area contributed by atoms with Gasteiger partial charge in [-0.3, -0.25) is 4.79 Å². The van der Waals surface area contributed by atoms with Crippen molar-refractivity contribution in [1.82, 2.24) is 5.32 Å². The van der Waals surface area contributed by atoms with Crippen LogP contribution in [0.15, 0.2) is 24.3 Å². The fraction of sp³-hybridized carbons (Fsp3) is 0.900. The second kappa shape index (κ2) is 40.7. The minimum Gasteiger partial charge on any atom is -0.394 e. The van der Waals surface area contributed by atoms with Crippen molar-refractivity contribution in [3.05, 3.63) is 24.3 Å². The highest BCUT2D eigenvalue weighted by molar-refractivity contribution is 5.76. The molecule has 0 aromatic carbocycles. The minimum atomic E-state index is -1.55. The van der Waals surface area contributed by atoms with Crippen LogP contribution in [-0.4, -0.2) is 87.5 Å². The lowest BCUT2D eigenvalue weighted by Gasteiger charge is -2.40. The number of carbonyl (C=O) groups excluding carboxylic acids is 1. The van der Waals surface area contributed by atoms with Gasteiger partial charge < -0.3 is 40.3 Å². The van der Waals surface area contributed by atoms with Gasteiger partial charge in [0.1, 0.15) is 24.4 Å². The van der Waals surface area contributed by atoms with Gasteiger partial charge in [-0.05, 0) is 44.9 Å². The molecule has 0 radical (unpaired) electrons. The van der Waals surface area contributed by atoms with Gasteiger partial charge in [0, 0.05) is 6.42 Å². The SMILES string of the molecule is CCCCC/C=C\C/C=C\CCCCCCCC(=O)NC(COC1OC(CO)C(O)C(O)C1O)C(O)CCCCCCCCCCCCCCCCCCCCCCC. The summed E-state index contributed by atoms with van der Waals surface area (Å²) in [6.45, 7) is 3.81. The molecule has 1 amide bonds. The summed E-state index contributed by atoms with van der Waals surface area (Å²) >= 11 is 0. The van der Waals surface area contributed by atoms with E-state index in [1.807, 2.05) is 0 Å². The predicted molar refractivity (Wildman–Crippen MR) is 244 cm³/mol. The van der Waals surface area contributed by atoms with Crippen LogP contribution in [0, 0.1) is 0 Å². The molecule has 348 valence electrons. The highest BCUT2D eigenvalue weighted by Crippen LogP contribution is 2.23. The summed E-state index contributed by atoms with van der Waals surface area (Å²) in [5, 5.41) is 54.5. The Hall–Kier alpha value is -1.33. The van der Waals surface area contributed by atoms with Crippen LogP contribution < -0.4 is 5.32 Å². The Labute approximate surface area is 362 Å². The fourth-order valence-electron chi connectivity index (χ4n) is 8.02. The van der Waals surface area contributed by atoms with Crippen molar-refractivity contribution < 1.29 is 39.8 Å². The Morgan fingerprint density at radius 2 is 1.00 bits per heavy atom. The molecule has 1 rings (SSSR count). The molecule has 1 saturated heterocycles. The summed E-state index contributed by atoms with van der Waals surface area (Å²) in [5.74, 6) is -0.157. The van der Waals surface area contributed by atoms with E-state index in [1.165, 1.54) is 141 Å². The second-order valence-corrected chi connectivity index (χ2v) is 17.6. The Morgan fingerprint density at radius 1 is 0.576 bits per heavy atom. The summed E-state index contributed by atoms with van der Waals surface area (Å²) in [6.07, 6.45) is 41.9. The zero-order valence-corrected chi connectivity index (χ0v) is 38.3. The first kappa shape index (κ1) is 55.7. The Bertz CT molecular complexity index is 977. The number of aliphatic hydroxyl groups excluding tert-OH is 5. The maximum Gasteiger partial charge on any atom is 0.220 e. The second-order valence-electron chi connectivity index (χ2n) is 17.6. The number of amides is 1. The van der Waals surface area contributed by atoms with Crippen molar-refractivity contribution in [2.45, 2.75) is 275 Å². The first-order chi connectivity index (χ1) is 28.8. The largest absolute Gasteiger partial charge is 0.394 e. The lowest BCUT2D eigenvalue weighted by atomic mass is 9.99. The zero-order valence-electron chi connectivity index (χ0n) is 38.3. The number of aliphatic hydroxyl groups is 5. The Balaban J connectivity index is 2.28. The van der Waals surface area contributed by atoms with Crippen LogP contribution in [0.25, 0.3) is 0 Å². The first-order valence-corrected chi connectivity index (χ1v) is 25.0. The van der Waals surface area contributed by atoms with Crippen molar-refractivity contribution in [3.63, 3.8) is 0 Å². The van der Waals surface area contributed by atoms with E-state index < -0.39 is 49.5 Å². The summed E-state index contributed by atoms with van der Waals surface area (Å²) in [5.41, 5.74) is 0. The normalized spacial score (nSPS) is 20.8. The molecule has 0 aromatic rings.